The Morgan fingerprint density at radius 2 is 1.75 bits per heavy atom. The molecule has 0 aromatic heterocycles. The standard InChI is InChI=1S/C5H12BO11P3/c6-5-2-1-4(15-5)3-14-19(10,11)17-20(12,13)16-18(7,8)9/h4-5H,1-3H2,(H,10,11)(H,12,13)(H2,7,8,9)/p-3. The van der Waals surface area contributed by atoms with E-state index in [0.717, 1.165) is 0 Å². The van der Waals surface area contributed by atoms with E-state index in [4.69, 9.17) is 17.5 Å². The van der Waals surface area contributed by atoms with Gasteiger partial charge in [-0.1, -0.05) is 0 Å². The SMILES string of the molecule is [B]C1CCC(COP(=O)([O-])OP(=O)([O-])OP(=O)([O-])O)O1. The third kappa shape index (κ3) is 7.45. The highest BCUT2D eigenvalue weighted by atomic mass is 31.3. The van der Waals surface area contributed by atoms with Crippen molar-refractivity contribution in [2.24, 2.45) is 0 Å². The van der Waals surface area contributed by atoms with Crippen LogP contribution in [0.25, 0.3) is 0 Å². The van der Waals surface area contributed by atoms with Gasteiger partial charge in [-0.15, -0.1) is 0 Å². The number of hydrogen-bond acceptors (Lipinski definition) is 10. The lowest BCUT2D eigenvalue weighted by Gasteiger charge is -2.32. The monoisotopic (exact) mass is 349 g/mol. The van der Waals surface area contributed by atoms with Crippen molar-refractivity contribution >= 4 is 31.3 Å². The minimum Gasteiger partial charge on any atom is -0.756 e. The zero-order valence-electron chi connectivity index (χ0n) is 9.72. The first-order valence-corrected chi connectivity index (χ1v) is 9.44. The predicted octanol–water partition coefficient (Wildman–Crippen LogP) is -1.89. The van der Waals surface area contributed by atoms with Gasteiger partial charge >= 0.3 is 0 Å². The van der Waals surface area contributed by atoms with Gasteiger partial charge in [0.2, 0.25) is 0 Å². The van der Waals surface area contributed by atoms with Crippen molar-refractivity contribution in [1.29, 1.82) is 0 Å². The molecule has 0 amide bonds. The molecular formula is C5H9BO11P3-3. The molecule has 5 unspecified atom stereocenters. The lowest BCUT2D eigenvalue weighted by molar-refractivity contribution is -0.249. The van der Waals surface area contributed by atoms with E-state index < -0.39 is 42.2 Å². The van der Waals surface area contributed by atoms with Gasteiger partial charge in [-0.2, -0.15) is 0 Å². The molecule has 1 rings (SSSR count). The highest BCUT2D eigenvalue weighted by Gasteiger charge is 2.27. The van der Waals surface area contributed by atoms with Crippen LogP contribution in [0.3, 0.4) is 0 Å². The fraction of sp³-hybridized carbons (Fsp3) is 1.00. The number of hydrogen-bond donors (Lipinski definition) is 1. The maximum absolute atomic E-state index is 11.1. The van der Waals surface area contributed by atoms with Gasteiger partial charge in [0.15, 0.2) is 0 Å². The Labute approximate surface area is 115 Å². The Kier molecular flexibility index (Phi) is 6.18. The minimum absolute atomic E-state index is 0.388. The maximum Gasteiger partial charge on any atom is 0.280 e. The van der Waals surface area contributed by atoms with E-state index in [0.29, 0.717) is 12.8 Å². The van der Waals surface area contributed by atoms with Crippen LogP contribution in [-0.4, -0.2) is 31.5 Å². The molecule has 1 saturated heterocycles. The van der Waals surface area contributed by atoms with E-state index in [1.807, 2.05) is 0 Å². The molecule has 11 nitrogen and oxygen atoms in total. The normalized spacial score (nSPS) is 32.2. The maximum atomic E-state index is 11.1. The van der Waals surface area contributed by atoms with Crippen molar-refractivity contribution in [3.63, 3.8) is 0 Å². The molecule has 116 valence electrons. The van der Waals surface area contributed by atoms with Crippen LogP contribution in [0.5, 0.6) is 0 Å². The zero-order valence-corrected chi connectivity index (χ0v) is 12.4. The Bertz CT molecular complexity index is 475. The summed E-state index contributed by atoms with van der Waals surface area (Å²) in [5.41, 5.74) is 0. The van der Waals surface area contributed by atoms with Gasteiger partial charge in [-0.3, -0.25) is 13.7 Å². The summed E-state index contributed by atoms with van der Waals surface area (Å²) in [6.45, 7) is -0.567. The molecular weight excluding hydrogens is 340 g/mol. The first-order valence-electron chi connectivity index (χ1n) is 5.03. The van der Waals surface area contributed by atoms with Crippen LogP contribution < -0.4 is 14.7 Å². The molecule has 0 bridgehead atoms. The Hall–Kier alpha value is 0.435. The molecule has 1 N–H and O–H groups in total. The predicted molar refractivity (Wildman–Crippen MR) is 56.8 cm³/mol. The summed E-state index contributed by atoms with van der Waals surface area (Å²) >= 11 is 0. The summed E-state index contributed by atoms with van der Waals surface area (Å²) in [6.07, 6.45) is 0.177. The lowest BCUT2D eigenvalue weighted by atomic mass is 9.97. The van der Waals surface area contributed by atoms with Gasteiger partial charge in [0.05, 0.1) is 12.7 Å². The van der Waals surface area contributed by atoms with Crippen LogP contribution in [-0.2, 0) is 31.6 Å². The lowest BCUT2D eigenvalue weighted by Crippen LogP contribution is -2.20. The summed E-state index contributed by atoms with van der Waals surface area (Å²) in [5.74, 6) is 0. The Morgan fingerprint density at radius 1 is 1.15 bits per heavy atom. The fourth-order valence-corrected chi connectivity index (χ4v) is 4.23. The number of phosphoric ester groups is 1. The third-order valence-electron chi connectivity index (χ3n) is 1.96. The second kappa shape index (κ2) is 6.68. The average molecular weight is 349 g/mol. The molecule has 5 atom stereocenters. The van der Waals surface area contributed by atoms with Crippen molar-refractivity contribution in [3.05, 3.63) is 0 Å². The van der Waals surface area contributed by atoms with E-state index in [2.05, 4.69) is 13.1 Å². The molecule has 1 fully saturated rings. The second-order valence-corrected chi connectivity index (χ2v) is 7.99. The van der Waals surface area contributed by atoms with Gasteiger partial charge in [-0.25, -0.2) is 8.62 Å². The molecule has 0 saturated carbocycles. The first kappa shape index (κ1) is 18.5. The smallest absolute Gasteiger partial charge is 0.280 e. The summed E-state index contributed by atoms with van der Waals surface area (Å²) in [6, 6.07) is -0.578. The molecule has 15 heteroatoms. The first-order chi connectivity index (χ1) is 8.89. The summed E-state index contributed by atoms with van der Waals surface area (Å²) in [4.78, 5) is 40.3. The summed E-state index contributed by atoms with van der Waals surface area (Å²) in [5, 5.41) is 0. The fourth-order valence-electron chi connectivity index (χ4n) is 1.32. The van der Waals surface area contributed by atoms with Crippen molar-refractivity contribution in [2.75, 3.05) is 6.61 Å². The van der Waals surface area contributed by atoms with E-state index in [1.165, 1.54) is 0 Å². The van der Waals surface area contributed by atoms with Crippen LogP contribution in [0.15, 0.2) is 0 Å². The Balaban J connectivity index is 2.50. The van der Waals surface area contributed by atoms with Crippen LogP contribution in [0.4, 0.5) is 0 Å². The van der Waals surface area contributed by atoms with Gasteiger partial charge in [-0.05, 0) is 12.8 Å². The summed E-state index contributed by atoms with van der Waals surface area (Å²) < 4.78 is 47.9. The van der Waals surface area contributed by atoms with Crippen molar-refractivity contribution in [2.45, 2.75) is 24.9 Å². The van der Waals surface area contributed by atoms with Gasteiger partial charge < -0.3 is 28.8 Å². The molecule has 1 aliphatic rings. The Morgan fingerprint density at radius 3 is 2.20 bits per heavy atom. The second-order valence-electron chi connectivity index (χ2n) is 3.70. The van der Waals surface area contributed by atoms with E-state index >= 15 is 0 Å². The van der Waals surface area contributed by atoms with Crippen LogP contribution >= 0.6 is 23.5 Å². The van der Waals surface area contributed by atoms with Crippen molar-refractivity contribution in [3.8, 4) is 0 Å². The van der Waals surface area contributed by atoms with Gasteiger partial charge in [0.25, 0.3) is 23.5 Å². The molecule has 0 aromatic carbocycles. The molecule has 0 aromatic rings. The summed E-state index contributed by atoms with van der Waals surface area (Å²) in [7, 11) is -11.6. The molecule has 1 aliphatic heterocycles. The zero-order chi connectivity index (χ0) is 15.6. The molecule has 1 heterocycles. The van der Waals surface area contributed by atoms with Crippen LogP contribution in [0, 0.1) is 0 Å². The number of phosphoric acid groups is 3. The van der Waals surface area contributed by atoms with E-state index in [-0.39, 0.29) is 0 Å². The quantitative estimate of drug-likeness (QED) is 0.401. The van der Waals surface area contributed by atoms with E-state index in [1.54, 1.807) is 0 Å². The van der Waals surface area contributed by atoms with Crippen LogP contribution in [0.2, 0.25) is 0 Å². The molecule has 0 aliphatic carbocycles. The highest BCUT2D eigenvalue weighted by molar-refractivity contribution is 7.65. The topological polar surface area (TPSA) is 178 Å². The molecule has 2 radical (unpaired) electrons. The van der Waals surface area contributed by atoms with Crippen molar-refractivity contribution < 1.29 is 51.2 Å². The average Bonchev–Trinajstić information content (AvgIpc) is 2.55. The third-order valence-corrected chi connectivity index (χ3v) is 5.65. The molecule has 0 spiro atoms. The molecule has 20 heavy (non-hydrogen) atoms. The minimum atomic E-state index is -5.85. The van der Waals surface area contributed by atoms with E-state index in [9.17, 15) is 28.4 Å². The number of rotatable bonds is 7. The van der Waals surface area contributed by atoms with Gasteiger partial charge in [0.1, 0.15) is 7.85 Å². The van der Waals surface area contributed by atoms with Crippen LogP contribution in [0.1, 0.15) is 12.8 Å². The van der Waals surface area contributed by atoms with Crippen molar-refractivity contribution in [1.82, 2.24) is 0 Å². The van der Waals surface area contributed by atoms with Gasteiger partial charge in [0, 0.05) is 6.00 Å². The number of ether oxygens (including phenoxy) is 1. The largest absolute Gasteiger partial charge is 0.756 e. The highest BCUT2D eigenvalue weighted by Crippen LogP contribution is 2.61.